The minimum atomic E-state index is -0.819. The highest BCUT2D eigenvalue weighted by atomic mass is 16.4. The lowest BCUT2D eigenvalue weighted by molar-refractivity contribution is -0.135. The van der Waals surface area contributed by atoms with Crippen LogP contribution in [0.2, 0.25) is 0 Å². The van der Waals surface area contributed by atoms with Gasteiger partial charge in [-0.05, 0) is 38.1 Å². The zero-order valence-electron chi connectivity index (χ0n) is 10.7. The van der Waals surface area contributed by atoms with Crippen molar-refractivity contribution in [1.29, 1.82) is 0 Å². The molecule has 4 heteroatoms. The van der Waals surface area contributed by atoms with Gasteiger partial charge in [0.05, 0.1) is 0 Å². The molecule has 17 heavy (non-hydrogen) atoms. The predicted molar refractivity (Wildman–Crippen MR) is 70.9 cm³/mol. The number of hydrogen-bond donors (Lipinski definition) is 1. The molecule has 0 aliphatic rings. The van der Waals surface area contributed by atoms with Gasteiger partial charge in [0.25, 0.3) is 0 Å². The van der Waals surface area contributed by atoms with Crippen molar-refractivity contribution >= 4 is 17.3 Å². The molecule has 1 rings (SSSR count). The van der Waals surface area contributed by atoms with Crippen LogP contribution in [0.4, 0.5) is 11.4 Å². The van der Waals surface area contributed by atoms with Gasteiger partial charge in [-0.3, -0.25) is 4.79 Å². The Bertz CT molecular complexity index is 358. The molecular formula is C13H20N2O2. The number of carboxylic acid groups (broad SMARTS) is 1. The van der Waals surface area contributed by atoms with Crippen molar-refractivity contribution in [2.45, 2.75) is 13.8 Å². The van der Waals surface area contributed by atoms with Gasteiger partial charge in [-0.25, -0.2) is 0 Å². The smallest absolute Gasteiger partial charge is 0.323 e. The lowest BCUT2D eigenvalue weighted by Crippen LogP contribution is -2.25. The molecule has 1 aromatic carbocycles. The Balaban J connectivity index is 2.76. The molecule has 0 aliphatic heterocycles. The fraction of sp³-hybridized carbons (Fsp3) is 0.462. The normalized spacial score (nSPS) is 10.1. The average molecular weight is 236 g/mol. The van der Waals surface area contributed by atoms with E-state index in [2.05, 4.69) is 18.7 Å². The van der Waals surface area contributed by atoms with Crippen molar-refractivity contribution < 1.29 is 9.90 Å². The molecule has 0 heterocycles. The van der Waals surface area contributed by atoms with Gasteiger partial charge in [-0.15, -0.1) is 0 Å². The van der Waals surface area contributed by atoms with E-state index >= 15 is 0 Å². The third-order valence-corrected chi connectivity index (χ3v) is 2.79. The van der Waals surface area contributed by atoms with Crippen LogP contribution in [0.3, 0.4) is 0 Å². The summed E-state index contributed by atoms with van der Waals surface area (Å²) in [6.45, 7) is 6.20. The van der Waals surface area contributed by atoms with E-state index in [1.54, 1.807) is 11.9 Å². The molecule has 0 saturated heterocycles. The van der Waals surface area contributed by atoms with Crippen LogP contribution in [-0.2, 0) is 4.79 Å². The second-order valence-electron chi connectivity index (χ2n) is 3.94. The van der Waals surface area contributed by atoms with Gasteiger partial charge in [-0.2, -0.15) is 0 Å². The van der Waals surface area contributed by atoms with E-state index in [1.807, 2.05) is 24.3 Å². The molecule has 1 aromatic rings. The van der Waals surface area contributed by atoms with Crippen LogP contribution in [0.25, 0.3) is 0 Å². The van der Waals surface area contributed by atoms with Crippen LogP contribution in [0.15, 0.2) is 24.3 Å². The van der Waals surface area contributed by atoms with Crippen molar-refractivity contribution in [3.8, 4) is 0 Å². The number of carbonyl (C=O) groups is 1. The Hall–Kier alpha value is -1.71. The molecule has 0 spiro atoms. The second kappa shape index (κ2) is 6.13. The van der Waals surface area contributed by atoms with E-state index in [4.69, 9.17) is 5.11 Å². The van der Waals surface area contributed by atoms with Gasteiger partial charge in [-0.1, -0.05) is 0 Å². The van der Waals surface area contributed by atoms with Gasteiger partial charge in [0, 0.05) is 31.5 Å². The first-order valence-corrected chi connectivity index (χ1v) is 5.86. The van der Waals surface area contributed by atoms with E-state index in [9.17, 15) is 4.79 Å². The summed E-state index contributed by atoms with van der Waals surface area (Å²) in [5.41, 5.74) is 2.09. The molecule has 1 N–H and O–H groups in total. The fourth-order valence-corrected chi connectivity index (χ4v) is 1.80. The highest BCUT2D eigenvalue weighted by molar-refractivity contribution is 5.73. The molecule has 0 saturated carbocycles. The Labute approximate surface area is 102 Å². The second-order valence-corrected chi connectivity index (χ2v) is 3.94. The van der Waals surface area contributed by atoms with Crippen LogP contribution in [0.1, 0.15) is 13.8 Å². The summed E-state index contributed by atoms with van der Waals surface area (Å²) < 4.78 is 0. The molecule has 0 aliphatic carbocycles. The summed E-state index contributed by atoms with van der Waals surface area (Å²) in [5.74, 6) is -0.819. The number of hydrogen-bond acceptors (Lipinski definition) is 3. The quantitative estimate of drug-likeness (QED) is 0.821. The van der Waals surface area contributed by atoms with Gasteiger partial charge < -0.3 is 14.9 Å². The third-order valence-electron chi connectivity index (χ3n) is 2.79. The largest absolute Gasteiger partial charge is 0.480 e. The zero-order valence-corrected chi connectivity index (χ0v) is 10.7. The maximum absolute atomic E-state index is 10.6. The Morgan fingerprint density at radius 1 is 1.12 bits per heavy atom. The van der Waals surface area contributed by atoms with Crippen LogP contribution in [0.5, 0.6) is 0 Å². The van der Waals surface area contributed by atoms with Gasteiger partial charge in [0.2, 0.25) is 0 Å². The first kappa shape index (κ1) is 13.4. The highest BCUT2D eigenvalue weighted by Crippen LogP contribution is 2.19. The molecule has 0 radical (unpaired) electrons. The van der Waals surface area contributed by atoms with Crippen LogP contribution in [0, 0.1) is 0 Å². The first-order chi connectivity index (χ1) is 8.08. The minimum absolute atomic E-state index is 0.0185. The van der Waals surface area contributed by atoms with E-state index in [0.29, 0.717) is 0 Å². The Morgan fingerprint density at radius 2 is 1.59 bits per heavy atom. The number of benzene rings is 1. The van der Waals surface area contributed by atoms with Crippen LogP contribution < -0.4 is 9.80 Å². The summed E-state index contributed by atoms with van der Waals surface area (Å²) in [7, 11) is 1.78. The fourth-order valence-electron chi connectivity index (χ4n) is 1.80. The summed E-state index contributed by atoms with van der Waals surface area (Å²) in [5, 5.41) is 8.71. The highest BCUT2D eigenvalue weighted by Gasteiger charge is 2.06. The van der Waals surface area contributed by atoms with Gasteiger partial charge >= 0.3 is 5.97 Å². The number of anilines is 2. The molecule has 0 aromatic heterocycles. The zero-order chi connectivity index (χ0) is 12.8. The monoisotopic (exact) mass is 236 g/mol. The van der Waals surface area contributed by atoms with Crippen LogP contribution in [-0.4, -0.2) is 37.8 Å². The lowest BCUT2D eigenvalue weighted by atomic mass is 10.2. The first-order valence-electron chi connectivity index (χ1n) is 5.86. The average Bonchev–Trinajstić information content (AvgIpc) is 2.30. The SMILES string of the molecule is CCN(CC)c1ccc(N(C)CC(=O)O)cc1. The summed E-state index contributed by atoms with van der Waals surface area (Å²) in [6.07, 6.45) is 0. The molecule has 0 amide bonds. The van der Waals surface area contributed by atoms with E-state index in [0.717, 1.165) is 18.8 Å². The lowest BCUT2D eigenvalue weighted by Gasteiger charge is -2.22. The molecule has 4 nitrogen and oxygen atoms in total. The number of likely N-dealkylation sites (N-methyl/N-ethyl adjacent to an activating group) is 1. The number of aliphatic carboxylic acids is 1. The van der Waals surface area contributed by atoms with Gasteiger partial charge in [0.1, 0.15) is 6.54 Å². The maximum atomic E-state index is 10.6. The number of nitrogens with zero attached hydrogens (tertiary/aromatic N) is 2. The molecular weight excluding hydrogens is 216 g/mol. The number of carboxylic acids is 1. The van der Waals surface area contributed by atoms with Crippen molar-refractivity contribution in [1.82, 2.24) is 0 Å². The van der Waals surface area contributed by atoms with Crippen molar-refractivity contribution in [2.75, 3.05) is 36.5 Å². The topological polar surface area (TPSA) is 43.8 Å². The summed E-state index contributed by atoms with van der Waals surface area (Å²) in [6, 6.07) is 7.97. The third kappa shape index (κ3) is 3.66. The van der Waals surface area contributed by atoms with E-state index in [1.165, 1.54) is 5.69 Å². The van der Waals surface area contributed by atoms with Crippen molar-refractivity contribution in [3.63, 3.8) is 0 Å². The molecule has 0 atom stereocenters. The van der Waals surface area contributed by atoms with E-state index in [-0.39, 0.29) is 6.54 Å². The van der Waals surface area contributed by atoms with Crippen molar-refractivity contribution in [2.24, 2.45) is 0 Å². The minimum Gasteiger partial charge on any atom is -0.480 e. The summed E-state index contributed by atoms with van der Waals surface area (Å²) >= 11 is 0. The Morgan fingerprint density at radius 3 is 2.00 bits per heavy atom. The maximum Gasteiger partial charge on any atom is 0.323 e. The number of rotatable bonds is 6. The summed E-state index contributed by atoms with van der Waals surface area (Å²) in [4.78, 5) is 14.6. The van der Waals surface area contributed by atoms with E-state index < -0.39 is 5.97 Å². The molecule has 0 fully saturated rings. The standard InChI is InChI=1S/C13H20N2O2/c1-4-15(5-2)12-8-6-11(7-9-12)14(3)10-13(16)17/h6-9H,4-5,10H2,1-3H3,(H,16,17). The molecule has 0 bridgehead atoms. The molecule has 0 unspecified atom stereocenters. The van der Waals surface area contributed by atoms with Gasteiger partial charge in [0.15, 0.2) is 0 Å². The molecule has 94 valence electrons. The predicted octanol–water partition coefficient (Wildman–Crippen LogP) is 2.05. The van der Waals surface area contributed by atoms with Crippen LogP contribution >= 0.6 is 0 Å². The van der Waals surface area contributed by atoms with Crippen molar-refractivity contribution in [3.05, 3.63) is 24.3 Å². The Kier molecular flexibility index (Phi) is 4.82.